The van der Waals surface area contributed by atoms with Gasteiger partial charge in [0.05, 0.1) is 5.56 Å². The summed E-state index contributed by atoms with van der Waals surface area (Å²) in [6.07, 6.45) is 0.563. The molecule has 3 rings (SSSR count). The van der Waals surface area contributed by atoms with Crippen molar-refractivity contribution in [2.24, 2.45) is 0 Å². The monoisotopic (exact) mass is 260 g/mol. The second-order valence-electron chi connectivity index (χ2n) is 4.54. The van der Waals surface area contributed by atoms with E-state index < -0.39 is 0 Å². The summed E-state index contributed by atoms with van der Waals surface area (Å²) in [5.41, 5.74) is 3.81. The molecular formula is C13H12N2O2S. The quantitative estimate of drug-likeness (QED) is 0.611. The highest BCUT2D eigenvalue weighted by Crippen LogP contribution is 2.34. The van der Waals surface area contributed by atoms with Gasteiger partial charge in [0.2, 0.25) is 5.88 Å². The number of aromatic amines is 2. The summed E-state index contributed by atoms with van der Waals surface area (Å²) in [6, 6.07) is 4.06. The largest absolute Gasteiger partial charge is 0.440 e. The lowest BCUT2D eigenvalue weighted by Crippen LogP contribution is -2.19. The predicted molar refractivity (Wildman–Crippen MR) is 71.0 cm³/mol. The summed E-state index contributed by atoms with van der Waals surface area (Å²) in [6.45, 7) is 4.09. The smallest absolute Gasteiger partial charge is 0.259 e. The van der Waals surface area contributed by atoms with Crippen LogP contribution >= 0.6 is 12.2 Å². The number of ether oxygens (including phenoxy) is 1. The summed E-state index contributed by atoms with van der Waals surface area (Å²) < 4.78 is 6.02. The zero-order valence-electron chi connectivity index (χ0n) is 10.1. The van der Waals surface area contributed by atoms with Crippen LogP contribution in [0.4, 0.5) is 0 Å². The number of aromatic nitrogens is 2. The lowest BCUT2D eigenvalue weighted by Gasteiger charge is -2.20. The lowest BCUT2D eigenvalue weighted by atomic mass is 9.98. The van der Waals surface area contributed by atoms with Crippen LogP contribution < -0.4 is 10.3 Å². The van der Waals surface area contributed by atoms with Crippen LogP contribution in [-0.2, 0) is 6.42 Å². The number of benzene rings is 1. The van der Waals surface area contributed by atoms with Crippen molar-refractivity contribution in [3.8, 4) is 11.6 Å². The number of rotatable bonds is 0. The molecule has 2 N–H and O–H groups in total. The molecule has 0 unspecified atom stereocenters. The first kappa shape index (κ1) is 11.2. The molecule has 5 heteroatoms. The van der Waals surface area contributed by atoms with Gasteiger partial charge >= 0.3 is 0 Å². The maximum Gasteiger partial charge on any atom is 0.259 e. The topological polar surface area (TPSA) is 57.9 Å². The van der Waals surface area contributed by atoms with Crippen LogP contribution in [0.25, 0.3) is 0 Å². The molecule has 0 bridgehead atoms. The summed E-state index contributed by atoms with van der Waals surface area (Å²) in [4.78, 5) is 17.3. The van der Waals surface area contributed by atoms with Crippen LogP contribution in [0.1, 0.15) is 22.3 Å². The van der Waals surface area contributed by atoms with Crippen molar-refractivity contribution >= 4 is 12.2 Å². The highest BCUT2D eigenvalue weighted by atomic mass is 32.1. The van der Waals surface area contributed by atoms with Crippen LogP contribution in [0.5, 0.6) is 11.6 Å². The highest BCUT2D eigenvalue weighted by molar-refractivity contribution is 7.71. The number of hydrogen-bond acceptors (Lipinski definition) is 3. The predicted octanol–water partition coefficient (Wildman–Crippen LogP) is 2.75. The van der Waals surface area contributed by atoms with Gasteiger partial charge in [0.25, 0.3) is 5.56 Å². The van der Waals surface area contributed by atoms with E-state index in [1.54, 1.807) is 0 Å². The van der Waals surface area contributed by atoms with E-state index >= 15 is 0 Å². The van der Waals surface area contributed by atoms with E-state index in [-0.39, 0.29) is 10.3 Å². The molecule has 0 radical (unpaired) electrons. The number of nitrogens with one attached hydrogen (secondary N) is 2. The van der Waals surface area contributed by atoms with E-state index in [9.17, 15) is 4.79 Å². The minimum Gasteiger partial charge on any atom is -0.440 e. The average molecular weight is 260 g/mol. The van der Waals surface area contributed by atoms with Gasteiger partial charge in [-0.25, -0.2) is 0 Å². The zero-order valence-corrected chi connectivity index (χ0v) is 10.9. The molecule has 92 valence electrons. The van der Waals surface area contributed by atoms with Crippen molar-refractivity contribution < 1.29 is 4.74 Å². The first-order valence-corrected chi connectivity index (χ1v) is 6.09. The maximum atomic E-state index is 11.8. The van der Waals surface area contributed by atoms with Gasteiger partial charge in [0.15, 0.2) is 4.77 Å². The van der Waals surface area contributed by atoms with Crippen molar-refractivity contribution in [1.82, 2.24) is 9.97 Å². The van der Waals surface area contributed by atoms with E-state index in [1.165, 1.54) is 11.1 Å². The summed E-state index contributed by atoms with van der Waals surface area (Å²) >= 11 is 4.94. The molecule has 0 saturated carbocycles. The Morgan fingerprint density at radius 3 is 2.72 bits per heavy atom. The molecule has 0 amide bonds. The first-order chi connectivity index (χ1) is 8.54. The standard InChI is InChI=1S/C13H12N2O2S/c1-6-3-8-5-9-11(16)14-13(18)15-12(9)17-10(8)4-7(6)2/h3-4H,5H2,1-2H3,(H2,14,15,16,18). The second kappa shape index (κ2) is 3.81. The van der Waals surface area contributed by atoms with E-state index in [1.807, 2.05) is 19.9 Å². The molecule has 1 aliphatic heterocycles. The normalized spacial score (nSPS) is 12.6. The van der Waals surface area contributed by atoms with Crippen molar-refractivity contribution in [3.05, 3.63) is 49.5 Å². The van der Waals surface area contributed by atoms with Gasteiger partial charge in [-0.2, -0.15) is 0 Å². The molecule has 1 aromatic carbocycles. The SMILES string of the molecule is Cc1cc2c(cc1C)Oc1[nH]c(=S)[nH]c(=O)c1C2. The van der Waals surface area contributed by atoms with E-state index in [0.717, 1.165) is 11.3 Å². The summed E-state index contributed by atoms with van der Waals surface area (Å²) in [5, 5.41) is 0. The van der Waals surface area contributed by atoms with Crippen LogP contribution in [0.15, 0.2) is 16.9 Å². The Morgan fingerprint density at radius 2 is 1.94 bits per heavy atom. The fourth-order valence-electron chi connectivity index (χ4n) is 2.12. The third-order valence-corrected chi connectivity index (χ3v) is 3.46. The van der Waals surface area contributed by atoms with Crippen molar-refractivity contribution in [2.45, 2.75) is 20.3 Å². The van der Waals surface area contributed by atoms with Gasteiger partial charge < -0.3 is 9.72 Å². The number of aryl methyl sites for hydroxylation is 2. The Bertz CT molecular complexity index is 759. The van der Waals surface area contributed by atoms with Gasteiger partial charge in [-0.3, -0.25) is 9.78 Å². The average Bonchev–Trinajstić information content (AvgIpc) is 2.29. The fraction of sp³-hybridized carbons (Fsp3) is 0.231. The number of H-pyrrole nitrogens is 2. The number of hydrogen-bond donors (Lipinski definition) is 2. The molecular weight excluding hydrogens is 248 g/mol. The van der Waals surface area contributed by atoms with E-state index in [2.05, 4.69) is 16.0 Å². The molecule has 1 aromatic heterocycles. The molecule has 2 aromatic rings. The number of fused-ring (bicyclic) bond motifs is 2. The third-order valence-electron chi connectivity index (χ3n) is 3.26. The Balaban J connectivity index is 2.21. The van der Waals surface area contributed by atoms with Crippen LogP contribution in [0.3, 0.4) is 0 Å². The van der Waals surface area contributed by atoms with Crippen molar-refractivity contribution in [2.75, 3.05) is 0 Å². The minimum atomic E-state index is -0.183. The lowest BCUT2D eigenvalue weighted by molar-refractivity contribution is 0.436. The molecule has 0 spiro atoms. The zero-order chi connectivity index (χ0) is 12.9. The molecule has 2 heterocycles. The van der Waals surface area contributed by atoms with Crippen LogP contribution in [-0.4, -0.2) is 9.97 Å². The summed E-state index contributed by atoms with van der Waals surface area (Å²) in [7, 11) is 0. The minimum absolute atomic E-state index is 0.183. The second-order valence-corrected chi connectivity index (χ2v) is 4.95. The van der Waals surface area contributed by atoms with Crippen molar-refractivity contribution in [1.29, 1.82) is 0 Å². The van der Waals surface area contributed by atoms with Crippen LogP contribution in [0.2, 0.25) is 0 Å². The highest BCUT2D eigenvalue weighted by Gasteiger charge is 2.21. The summed E-state index contributed by atoms with van der Waals surface area (Å²) in [5.74, 6) is 1.25. The Morgan fingerprint density at radius 1 is 1.22 bits per heavy atom. The molecule has 0 aliphatic carbocycles. The molecule has 0 saturated heterocycles. The van der Waals surface area contributed by atoms with Gasteiger partial charge in [-0.1, -0.05) is 6.07 Å². The third kappa shape index (κ3) is 1.67. The van der Waals surface area contributed by atoms with Gasteiger partial charge in [-0.15, -0.1) is 0 Å². The van der Waals surface area contributed by atoms with Crippen LogP contribution in [0, 0.1) is 18.6 Å². The fourth-order valence-corrected chi connectivity index (χ4v) is 2.31. The maximum absolute atomic E-state index is 11.8. The van der Waals surface area contributed by atoms with E-state index in [4.69, 9.17) is 17.0 Å². The van der Waals surface area contributed by atoms with Gasteiger partial charge in [0, 0.05) is 6.42 Å². The van der Waals surface area contributed by atoms with Gasteiger partial charge in [0.1, 0.15) is 5.75 Å². The molecule has 1 aliphatic rings. The Hall–Kier alpha value is -1.88. The molecule has 4 nitrogen and oxygen atoms in total. The molecule has 0 atom stereocenters. The molecule has 18 heavy (non-hydrogen) atoms. The van der Waals surface area contributed by atoms with Gasteiger partial charge in [-0.05, 0) is 48.8 Å². The molecule has 0 fully saturated rings. The first-order valence-electron chi connectivity index (χ1n) is 5.68. The van der Waals surface area contributed by atoms with E-state index in [0.29, 0.717) is 17.9 Å². The Labute approximate surface area is 109 Å². The Kier molecular flexibility index (Phi) is 2.38. The van der Waals surface area contributed by atoms with Crippen molar-refractivity contribution in [3.63, 3.8) is 0 Å².